The molecule has 3 aromatic carbocycles. The highest BCUT2D eigenvalue weighted by atomic mass is 19.1. The Bertz CT molecular complexity index is 1390. The van der Waals surface area contributed by atoms with E-state index in [1.54, 1.807) is 30.2 Å². The Labute approximate surface area is 177 Å². The summed E-state index contributed by atoms with van der Waals surface area (Å²) in [7, 11) is 1.55. The van der Waals surface area contributed by atoms with E-state index in [1.165, 1.54) is 12.1 Å². The molecule has 1 atom stereocenters. The molecular formula is C25H18FNO4. The van der Waals surface area contributed by atoms with Gasteiger partial charge in [0.05, 0.1) is 24.1 Å². The molecule has 5 nitrogen and oxygen atoms in total. The summed E-state index contributed by atoms with van der Waals surface area (Å²) in [5, 5.41) is 0.102. The minimum Gasteiger partial charge on any atom is -0.497 e. The van der Waals surface area contributed by atoms with Crippen LogP contribution in [0.15, 0.2) is 75.9 Å². The fourth-order valence-corrected chi connectivity index (χ4v) is 4.04. The van der Waals surface area contributed by atoms with Crippen molar-refractivity contribution in [2.45, 2.75) is 13.0 Å². The number of nitrogens with zero attached hydrogens (tertiary/aromatic N) is 1. The van der Waals surface area contributed by atoms with Gasteiger partial charge in [0.1, 0.15) is 17.1 Å². The lowest BCUT2D eigenvalue weighted by molar-refractivity contribution is 0.0971. The number of amides is 1. The zero-order valence-electron chi connectivity index (χ0n) is 16.9. The second kappa shape index (κ2) is 7.09. The second-order valence-electron chi connectivity index (χ2n) is 7.50. The Kier molecular flexibility index (Phi) is 4.36. The molecule has 1 aliphatic heterocycles. The van der Waals surface area contributed by atoms with Gasteiger partial charge in [0, 0.05) is 5.69 Å². The maximum absolute atomic E-state index is 13.9. The predicted octanol–water partition coefficient (Wildman–Crippen LogP) is 5.00. The summed E-state index contributed by atoms with van der Waals surface area (Å²) >= 11 is 0. The molecule has 31 heavy (non-hydrogen) atoms. The Hall–Kier alpha value is -3.93. The average Bonchev–Trinajstić information content (AvgIpc) is 3.07. The Balaban J connectivity index is 1.82. The van der Waals surface area contributed by atoms with E-state index in [1.807, 2.05) is 37.3 Å². The Morgan fingerprint density at radius 3 is 2.52 bits per heavy atom. The summed E-state index contributed by atoms with van der Waals surface area (Å²) < 4.78 is 25.1. The van der Waals surface area contributed by atoms with Gasteiger partial charge in [0.15, 0.2) is 5.43 Å². The number of methoxy groups -OCH3 is 1. The van der Waals surface area contributed by atoms with Crippen LogP contribution in [0, 0.1) is 12.7 Å². The van der Waals surface area contributed by atoms with Crippen LogP contribution in [0.4, 0.5) is 10.1 Å². The first kappa shape index (κ1) is 19.1. The van der Waals surface area contributed by atoms with Crippen molar-refractivity contribution in [3.05, 3.63) is 105 Å². The minimum absolute atomic E-state index is 0.0301. The molecule has 5 rings (SSSR count). The fraction of sp³-hybridized carbons (Fsp3) is 0.120. The molecule has 6 heteroatoms. The monoisotopic (exact) mass is 415 g/mol. The van der Waals surface area contributed by atoms with Crippen molar-refractivity contribution in [1.29, 1.82) is 0 Å². The maximum atomic E-state index is 13.9. The average molecular weight is 415 g/mol. The third-order valence-electron chi connectivity index (χ3n) is 5.55. The van der Waals surface area contributed by atoms with Crippen molar-refractivity contribution >= 4 is 22.6 Å². The molecule has 1 unspecified atom stereocenters. The quantitative estimate of drug-likeness (QED) is 0.473. The van der Waals surface area contributed by atoms with Gasteiger partial charge in [-0.3, -0.25) is 14.5 Å². The van der Waals surface area contributed by atoms with Crippen LogP contribution in [0.2, 0.25) is 0 Å². The molecule has 0 radical (unpaired) electrons. The van der Waals surface area contributed by atoms with Gasteiger partial charge in [-0.15, -0.1) is 0 Å². The SMILES string of the molecule is COc1cccc(C2c3c(oc4ccc(F)cc4c3=O)C(=O)N2c2ccc(C)cc2)c1. The molecular weight excluding hydrogens is 397 g/mol. The molecule has 1 aromatic heterocycles. The highest BCUT2D eigenvalue weighted by molar-refractivity contribution is 6.10. The Morgan fingerprint density at radius 1 is 1.00 bits per heavy atom. The summed E-state index contributed by atoms with van der Waals surface area (Å²) in [6, 6.07) is 17.6. The van der Waals surface area contributed by atoms with Gasteiger partial charge in [-0.1, -0.05) is 29.8 Å². The molecule has 0 saturated heterocycles. The number of hydrogen-bond donors (Lipinski definition) is 0. The van der Waals surface area contributed by atoms with Crippen LogP contribution in [-0.4, -0.2) is 13.0 Å². The molecule has 0 saturated carbocycles. The standard InChI is InChI=1S/C25H18FNO4/c1-14-6-9-17(10-7-14)27-22(15-4-3-5-18(12-15)30-2)21-23(28)19-13-16(26)8-11-20(19)31-24(21)25(27)29/h3-13,22H,1-2H3. The van der Waals surface area contributed by atoms with Gasteiger partial charge in [-0.2, -0.15) is 0 Å². The van der Waals surface area contributed by atoms with E-state index >= 15 is 0 Å². The number of halogens is 1. The molecule has 4 aromatic rings. The van der Waals surface area contributed by atoms with Crippen molar-refractivity contribution in [3.63, 3.8) is 0 Å². The summed E-state index contributed by atoms with van der Waals surface area (Å²) in [5.41, 5.74) is 2.30. The van der Waals surface area contributed by atoms with E-state index in [2.05, 4.69) is 0 Å². The van der Waals surface area contributed by atoms with Crippen LogP contribution >= 0.6 is 0 Å². The van der Waals surface area contributed by atoms with Gasteiger partial charge >= 0.3 is 0 Å². The molecule has 1 aliphatic rings. The van der Waals surface area contributed by atoms with Gasteiger partial charge in [0.2, 0.25) is 5.76 Å². The van der Waals surface area contributed by atoms with E-state index in [0.29, 0.717) is 17.0 Å². The normalized spacial score (nSPS) is 15.4. The molecule has 0 aliphatic carbocycles. The number of benzene rings is 3. The number of fused-ring (bicyclic) bond motifs is 2. The molecule has 0 fully saturated rings. The van der Waals surface area contributed by atoms with E-state index in [9.17, 15) is 14.0 Å². The summed E-state index contributed by atoms with van der Waals surface area (Å²) in [6.45, 7) is 1.95. The maximum Gasteiger partial charge on any atom is 0.295 e. The summed E-state index contributed by atoms with van der Waals surface area (Å²) in [6.07, 6.45) is 0. The van der Waals surface area contributed by atoms with Crippen molar-refractivity contribution in [1.82, 2.24) is 0 Å². The third-order valence-corrected chi connectivity index (χ3v) is 5.55. The predicted molar refractivity (Wildman–Crippen MR) is 115 cm³/mol. The van der Waals surface area contributed by atoms with Gasteiger partial charge in [0.25, 0.3) is 5.91 Å². The smallest absolute Gasteiger partial charge is 0.295 e. The zero-order valence-corrected chi connectivity index (χ0v) is 16.9. The number of carbonyl (C=O) groups excluding carboxylic acids is 1. The fourth-order valence-electron chi connectivity index (χ4n) is 4.04. The lowest BCUT2D eigenvalue weighted by atomic mass is 9.98. The lowest BCUT2D eigenvalue weighted by Gasteiger charge is -2.25. The van der Waals surface area contributed by atoms with Crippen molar-refractivity contribution < 1.29 is 18.3 Å². The van der Waals surface area contributed by atoms with Crippen molar-refractivity contribution in [2.75, 3.05) is 12.0 Å². The van der Waals surface area contributed by atoms with E-state index in [0.717, 1.165) is 11.6 Å². The van der Waals surface area contributed by atoms with Crippen LogP contribution in [0.5, 0.6) is 5.75 Å². The van der Waals surface area contributed by atoms with Crippen molar-refractivity contribution in [2.24, 2.45) is 0 Å². The topological polar surface area (TPSA) is 59.8 Å². The van der Waals surface area contributed by atoms with E-state index < -0.39 is 23.2 Å². The van der Waals surface area contributed by atoms with Crippen LogP contribution in [0.3, 0.4) is 0 Å². The van der Waals surface area contributed by atoms with Crippen LogP contribution in [-0.2, 0) is 0 Å². The van der Waals surface area contributed by atoms with Crippen LogP contribution < -0.4 is 15.1 Å². The van der Waals surface area contributed by atoms with Gasteiger partial charge in [-0.05, 0) is 55.0 Å². The first-order chi connectivity index (χ1) is 15.0. The number of anilines is 1. The number of ether oxygens (including phenoxy) is 1. The first-order valence-electron chi connectivity index (χ1n) is 9.78. The molecule has 0 bridgehead atoms. The molecule has 2 heterocycles. The largest absolute Gasteiger partial charge is 0.497 e. The van der Waals surface area contributed by atoms with Crippen LogP contribution in [0.25, 0.3) is 11.0 Å². The highest BCUT2D eigenvalue weighted by Crippen LogP contribution is 2.41. The number of hydrogen-bond acceptors (Lipinski definition) is 4. The zero-order chi connectivity index (χ0) is 21.7. The minimum atomic E-state index is -0.732. The highest BCUT2D eigenvalue weighted by Gasteiger charge is 2.43. The van der Waals surface area contributed by atoms with Gasteiger partial charge in [-0.25, -0.2) is 4.39 Å². The molecule has 0 N–H and O–H groups in total. The lowest BCUT2D eigenvalue weighted by Crippen LogP contribution is -2.29. The molecule has 1 amide bonds. The number of carbonyl (C=O) groups is 1. The summed E-state index contributed by atoms with van der Waals surface area (Å²) in [5.74, 6) is -0.400. The third kappa shape index (κ3) is 2.99. The first-order valence-corrected chi connectivity index (χ1v) is 9.78. The molecule has 154 valence electrons. The number of rotatable bonds is 3. The number of aryl methyl sites for hydroxylation is 1. The van der Waals surface area contributed by atoms with E-state index in [-0.39, 0.29) is 22.3 Å². The van der Waals surface area contributed by atoms with Crippen molar-refractivity contribution in [3.8, 4) is 5.75 Å². The Morgan fingerprint density at radius 2 is 1.77 bits per heavy atom. The molecule has 0 spiro atoms. The van der Waals surface area contributed by atoms with Crippen LogP contribution in [0.1, 0.15) is 33.3 Å². The van der Waals surface area contributed by atoms with E-state index in [4.69, 9.17) is 9.15 Å². The second-order valence-corrected chi connectivity index (χ2v) is 7.50. The van der Waals surface area contributed by atoms with Gasteiger partial charge < -0.3 is 9.15 Å². The summed E-state index contributed by atoms with van der Waals surface area (Å²) in [4.78, 5) is 28.5.